The number of hydrogen-bond donors (Lipinski definition) is 2. The molecule has 1 atom stereocenters. The first-order valence-electron chi connectivity index (χ1n) is 14.4. The van der Waals surface area contributed by atoms with Crippen LogP contribution < -0.4 is 5.32 Å². The Kier molecular flexibility index (Phi) is 7.26. The predicted molar refractivity (Wildman–Crippen MR) is 166 cm³/mol. The second-order valence-electron chi connectivity index (χ2n) is 11.6. The summed E-state index contributed by atoms with van der Waals surface area (Å²) in [4.78, 5) is 39.3. The molecule has 2 N–H and O–H groups in total. The molecule has 1 aliphatic heterocycles. The number of fused-ring (bicyclic) bond motifs is 4. The van der Waals surface area contributed by atoms with Gasteiger partial charge in [0.25, 0.3) is 5.91 Å². The average molecular weight is 609 g/mol. The lowest BCUT2D eigenvalue weighted by Crippen LogP contribution is -2.37. The van der Waals surface area contributed by atoms with Crippen LogP contribution in [0.3, 0.4) is 0 Å². The van der Waals surface area contributed by atoms with Gasteiger partial charge in [0.2, 0.25) is 10.0 Å². The molecular formula is C35H32N2O6S. The quantitative estimate of drug-likeness (QED) is 0.265. The lowest BCUT2D eigenvalue weighted by atomic mass is 9.95. The molecule has 0 fully saturated rings. The minimum atomic E-state index is -3.83. The van der Waals surface area contributed by atoms with E-state index in [1.165, 1.54) is 4.31 Å². The van der Waals surface area contributed by atoms with E-state index in [1.807, 2.05) is 33.8 Å². The van der Waals surface area contributed by atoms with Crippen LogP contribution in [0.5, 0.6) is 0 Å². The van der Waals surface area contributed by atoms with Crippen molar-refractivity contribution in [2.75, 3.05) is 6.54 Å². The predicted octanol–water partition coefficient (Wildman–Crippen LogP) is 5.43. The normalized spacial score (nSPS) is 14.9. The molecule has 4 aromatic carbocycles. The average Bonchev–Trinajstić information content (AvgIpc) is 3.30. The van der Waals surface area contributed by atoms with Crippen molar-refractivity contribution in [1.82, 2.24) is 9.62 Å². The number of benzene rings is 4. The number of nitrogens with one attached hydrogen (secondary N) is 1. The van der Waals surface area contributed by atoms with Gasteiger partial charge in [-0.15, -0.1) is 0 Å². The smallest absolute Gasteiger partial charge is 0.330 e. The van der Waals surface area contributed by atoms with Gasteiger partial charge in [0.05, 0.1) is 4.90 Å². The fraction of sp³-hybridized carbons (Fsp3) is 0.229. The Labute approximate surface area is 256 Å². The Morgan fingerprint density at radius 2 is 1.50 bits per heavy atom. The van der Waals surface area contributed by atoms with Gasteiger partial charge in [-0.1, -0.05) is 60.7 Å². The Morgan fingerprint density at radius 3 is 2.18 bits per heavy atom. The summed E-state index contributed by atoms with van der Waals surface area (Å²) < 4.78 is 29.3. The minimum absolute atomic E-state index is 0.0861. The lowest BCUT2D eigenvalue weighted by molar-refractivity contribution is -0.139. The molecule has 1 aliphatic carbocycles. The van der Waals surface area contributed by atoms with E-state index in [2.05, 4.69) is 5.32 Å². The number of rotatable bonds is 6. The van der Waals surface area contributed by atoms with Crippen molar-refractivity contribution in [3.63, 3.8) is 0 Å². The third kappa shape index (κ3) is 4.73. The van der Waals surface area contributed by atoms with E-state index in [1.54, 1.807) is 60.7 Å². The fourth-order valence-electron chi connectivity index (χ4n) is 6.39. The van der Waals surface area contributed by atoms with Crippen LogP contribution in [-0.4, -0.2) is 42.0 Å². The molecule has 6 rings (SSSR count). The molecule has 2 aliphatic rings. The summed E-state index contributed by atoms with van der Waals surface area (Å²) in [5.74, 6) is -2.06. The van der Waals surface area contributed by atoms with Crippen LogP contribution in [0, 0.1) is 27.7 Å². The molecule has 1 amide bonds. The first-order chi connectivity index (χ1) is 20.9. The number of nitrogens with zero attached hydrogens (tertiary/aromatic N) is 1. The maximum absolute atomic E-state index is 13.9. The van der Waals surface area contributed by atoms with Gasteiger partial charge >= 0.3 is 5.97 Å². The molecule has 0 saturated carbocycles. The van der Waals surface area contributed by atoms with Crippen molar-refractivity contribution in [2.24, 2.45) is 0 Å². The SMILES string of the molecule is Cc1cc(C)c(C)c(S(=O)(=O)N2CCc3ccc(C(NC(=O)c4cccc5c4-c4ccccc4C5=O)C(=O)O)cc3C2)c1C. The van der Waals surface area contributed by atoms with Gasteiger partial charge < -0.3 is 10.4 Å². The lowest BCUT2D eigenvalue weighted by Gasteiger charge is -2.30. The van der Waals surface area contributed by atoms with Crippen LogP contribution in [0.15, 0.2) is 71.6 Å². The summed E-state index contributed by atoms with van der Waals surface area (Å²) in [6, 6.07) is 17.6. The number of aliphatic carboxylic acids is 1. The van der Waals surface area contributed by atoms with Crippen LogP contribution in [0.1, 0.15) is 71.3 Å². The van der Waals surface area contributed by atoms with Crippen molar-refractivity contribution >= 4 is 27.7 Å². The molecule has 0 aromatic heterocycles. The van der Waals surface area contributed by atoms with Crippen LogP contribution in [0.25, 0.3) is 11.1 Å². The molecule has 0 saturated heterocycles. The van der Waals surface area contributed by atoms with Crippen molar-refractivity contribution in [3.05, 3.63) is 122 Å². The van der Waals surface area contributed by atoms with Gasteiger partial charge in [-0.2, -0.15) is 4.31 Å². The van der Waals surface area contributed by atoms with Crippen molar-refractivity contribution < 1.29 is 27.9 Å². The van der Waals surface area contributed by atoms with E-state index < -0.39 is 27.9 Å². The molecule has 224 valence electrons. The monoisotopic (exact) mass is 608 g/mol. The Morgan fingerprint density at radius 1 is 0.841 bits per heavy atom. The van der Waals surface area contributed by atoms with Gasteiger partial charge in [-0.05, 0) is 84.7 Å². The molecule has 8 nitrogen and oxygen atoms in total. The molecule has 1 unspecified atom stereocenters. The van der Waals surface area contributed by atoms with E-state index >= 15 is 0 Å². The molecule has 9 heteroatoms. The zero-order valence-corrected chi connectivity index (χ0v) is 25.7. The maximum atomic E-state index is 13.9. The first kappa shape index (κ1) is 29.5. The zero-order chi connectivity index (χ0) is 31.5. The van der Waals surface area contributed by atoms with Gasteiger partial charge in [-0.25, -0.2) is 13.2 Å². The number of aryl methyl sites for hydroxylation is 2. The first-order valence-corrected chi connectivity index (χ1v) is 15.8. The van der Waals surface area contributed by atoms with Gasteiger partial charge in [0, 0.05) is 35.3 Å². The van der Waals surface area contributed by atoms with Crippen molar-refractivity contribution in [2.45, 2.75) is 51.6 Å². The molecule has 0 spiro atoms. The number of sulfonamides is 1. The van der Waals surface area contributed by atoms with Crippen LogP contribution in [-0.2, 0) is 27.8 Å². The largest absolute Gasteiger partial charge is 0.479 e. The Bertz CT molecular complexity index is 1990. The van der Waals surface area contributed by atoms with Gasteiger partial charge in [0.15, 0.2) is 11.8 Å². The highest BCUT2D eigenvalue weighted by Gasteiger charge is 2.34. The van der Waals surface area contributed by atoms with E-state index in [9.17, 15) is 27.9 Å². The number of carboxylic acid groups (broad SMARTS) is 1. The summed E-state index contributed by atoms with van der Waals surface area (Å²) in [7, 11) is -3.83. The molecule has 4 aromatic rings. The van der Waals surface area contributed by atoms with Gasteiger partial charge in [-0.3, -0.25) is 9.59 Å². The van der Waals surface area contributed by atoms with E-state index in [-0.39, 0.29) is 17.9 Å². The van der Waals surface area contributed by atoms with Crippen molar-refractivity contribution in [3.8, 4) is 11.1 Å². The summed E-state index contributed by atoms with van der Waals surface area (Å²) >= 11 is 0. The second-order valence-corrected chi connectivity index (χ2v) is 13.4. The fourth-order valence-corrected chi connectivity index (χ4v) is 8.39. The third-order valence-corrected chi connectivity index (χ3v) is 11.1. The molecule has 1 heterocycles. The maximum Gasteiger partial charge on any atom is 0.330 e. The highest BCUT2D eigenvalue weighted by Crippen LogP contribution is 2.39. The van der Waals surface area contributed by atoms with Crippen LogP contribution in [0.2, 0.25) is 0 Å². The number of amides is 1. The van der Waals surface area contributed by atoms with Crippen molar-refractivity contribution in [1.29, 1.82) is 0 Å². The molecule has 0 radical (unpaired) electrons. The van der Waals surface area contributed by atoms with E-state index in [0.717, 1.165) is 27.8 Å². The third-order valence-electron chi connectivity index (χ3n) is 8.95. The number of carboxylic acids is 1. The summed E-state index contributed by atoms with van der Waals surface area (Å²) in [6.45, 7) is 7.84. The standard InChI is InChI=1S/C35H32N2O6S/c1-19-16-20(2)22(4)33(21(19)3)44(42,43)37-15-14-23-12-13-24(17-25(23)18-37)31(35(40)41)36-34(39)29-11-7-10-28-30(29)26-8-5-6-9-27(26)32(28)38/h5-13,16-17,31H,14-15,18H2,1-4H3,(H,36,39)(H,40,41). The molecule has 44 heavy (non-hydrogen) atoms. The number of hydrogen-bond acceptors (Lipinski definition) is 5. The van der Waals surface area contributed by atoms with E-state index in [4.69, 9.17) is 0 Å². The summed E-state index contributed by atoms with van der Waals surface area (Å²) in [5.41, 5.74) is 7.43. The molecule has 0 bridgehead atoms. The van der Waals surface area contributed by atoms with Gasteiger partial charge in [0.1, 0.15) is 0 Å². The van der Waals surface area contributed by atoms with Crippen LogP contribution >= 0.6 is 0 Å². The topological polar surface area (TPSA) is 121 Å². The minimum Gasteiger partial charge on any atom is -0.479 e. The zero-order valence-electron chi connectivity index (χ0n) is 24.9. The number of carbonyl (C=O) groups excluding carboxylic acids is 2. The second kappa shape index (κ2) is 10.8. The number of carbonyl (C=O) groups is 3. The number of ketones is 1. The van der Waals surface area contributed by atoms with Crippen LogP contribution in [0.4, 0.5) is 0 Å². The Hall–Kier alpha value is -4.60. The molecular weight excluding hydrogens is 576 g/mol. The highest BCUT2D eigenvalue weighted by atomic mass is 32.2. The summed E-state index contributed by atoms with van der Waals surface area (Å²) in [6.07, 6.45) is 0.478. The Balaban J connectivity index is 1.31. The highest BCUT2D eigenvalue weighted by molar-refractivity contribution is 7.89. The summed E-state index contributed by atoms with van der Waals surface area (Å²) in [5, 5.41) is 12.8. The van der Waals surface area contributed by atoms with E-state index in [0.29, 0.717) is 51.2 Å².